The summed E-state index contributed by atoms with van der Waals surface area (Å²) in [6.45, 7) is 0. The van der Waals surface area contributed by atoms with E-state index in [0.717, 1.165) is 16.8 Å². The van der Waals surface area contributed by atoms with E-state index in [-0.39, 0.29) is 5.11 Å². The van der Waals surface area contributed by atoms with Crippen molar-refractivity contribution in [1.29, 1.82) is 0 Å². The van der Waals surface area contributed by atoms with Gasteiger partial charge in [-0.1, -0.05) is 30.3 Å². The average Bonchev–Trinajstić information content (AvgIpc) is 2.40. The van der Waals surface area contributed by atoms with Gasteiger partial charge in [-0.25, -0.2) is 0 Å². The van der Waals surface area contributed by atoms with Crippen LogP contribution in [0.4, 0.5) is 0 Å². The van der Waals surface area contributed by atoms with E-state index >= 15 is 0 Å². The maximum absolute atomic E-state index is 5.26. The van der Waals surface area contributed by atoms with Crippen molar-refractivity contribution in [3.63, 3.8) is 0 Å². The van der Waals surface area contributed by atoms with Gasteiger partial charge in [0.15, 0.2) is 5.11 Å². The van der Waals surface area contributed by atoms with Crippen LogP contribution >= 0.6 is 12.2 Å². The van der Waals surface area contributed by atoms with Crippen LogP contribution < -0.4 is 11.2 Å². The van der Waals surface area contributed by atoms with Gasteiger partial charge >= 0.3 is 0 Å². The van der Waals surface area contributed by atoms with Crippen molar-refractivity contribution >= 4 is 23.5 Å². The minimum absolute atomic E-state index is 0.130. The maximum Gasteiger partial charge on any atom is 0.184 e. The Balaban J connectivity index is 2.20. The number of nitrogens with one attached hydrogen (secondary N) is 1. The van der Waals surface area contributed by atoms with Crippen LogP contribution in [0, 0.1) is 0 Å². The van der Waals surface area contributed by atoms with Crippen molar-refractivity contribution in [2.75, 3.05) is 0 Å². The molecular formula is C13H12N4S. The molecule has 1 aromatic carbocycles. The summed E-state index contributed by atoms with van der Waals surface area (Å²) in [6.07, 6.45) is 3.32. The van der Waals surface area contributed by atoms with Gasteiger partial charge in [0.1, 0.15) is 0 Å². The number of rotatable bonds is 3. The molecule has 1 heterocycles. The summed E-state index contributed by atoms with van der Waals surface area (Å²) < 4.78 is 0. The lowest BCUT2D eigenvalue weighted by Gasteiger charge is -2.01. The molecule has 90 valence electrons. The van der Waals surface area contributed by atoms with Crippen LogP contribution in [0.5, 0.6) is 0 Å². The van der Waals surface area contributed by atoms with Gasteiger partial charge in [0, 0.05) is 6.20 Å². The van der Waals surface area contributed by atoms with Crippen molar-refractivity contribution in [1.82, 2.24) is 10.4 Å². The molecule has 0 amide bonds. The van der Waals surface area contributed by atoms with Crippen molar-refractivity contribution in [2.24, 2.45) is 10.8 Å². The molecule has 0 aliphatic heterocycles. The van der Waals surface area contributed by atoms with Gasteiger partial charge in [0.2, 0.25) is 0 Å². The number of pyridine rings is 1. The number of hydrogen-bond acceptors (Lipinski definition) is 3. The Kier molecular flexibility index (Phi) is 3.98. The van der Waals surface area contributed by atoms with Gasteiger partial charge in [-0.3, -0.25) is 10.4 Å². The molecule has 0 unspecified atom stereocenters. The van der Waals surface area contributed by atoms with Crippen molar-refractivity contribution in [3.8, 4) is 11.1 Å². The molecule has 0 spiro atoms. The first kappa shape index (κ1) is 12.2. The molecule has 0 bridgehead atoms. The van der Waals surface area contributed by atoms with Crippen molar-refractivity contribution in [2.45, 2.75) is 0 Å². The van der Waals surface area contributed by atoms with E-state index in [9.17, 15) is 0 Å². The molecule has 1 aromatic heterocycles. The highest BCUT2D eigenvalue weighted by molar-refractivity contribution is 7.80. The van der Waals surface area contributed by atoms with Crippen LogP contribution in [-0.4, -0.2) is 16.3 Å². The summed E-state index contributed by atoms with van der Waals surface area (Å²) in [5.41, 5.74) is 10.7. The molecule has 2 aromatic rings. The second kappa shape index (κ2) is 5.88. The highest BCUT2D eigenvalue weighted by atomic mass is 32.1. The molecule has 5 heteroatoms. The Morgan fingerprint density at radius 3 is 2.72 bits per heavy atom. The highest BCUT2D eigenvalue weighted by Gasteiger charge is 1.97. The first-order valence-electron chi connectivity index (χ1n) is 5.36. The van der Waals surface area contributed by atoms with Gasteiger partial charge in [0.25, 0.3) is 0 Å². The van der Waals surface area contributed by atoms with Crippen molar-refractivity contribution in [3.05, 3.63) is 54.4 Å². The third kappa shape index (κ3) is 3.36. The molecule has 18 heavy (non-hydrogen) atoms. The molecule has 0 fully saturated rings. The lowest BCUT2D eigenvalue weighted by Crippen LogP contribution is -2.24. The van der Waals surface area contributed by atoms with Crippen LogP contribution in [0.3, 0.4) is 0 Å². The minimum Gasteiger partial charge on any atom is -0.375 e. The molecule has 0 aliphatic carbocycles. The molecule has 0 atom stereocenters. The maximum atomic E-state index is 5.26. The fraction of sp³-hybridized carbons (Fsp3) is 0. The predicted molar refractivity (Wildman–Crippen MR) is 77.2 cm³/mol. The first-order valence-corrected chi connectivity index (χ1v) is 5.76. The van der Waals surface area contributed by atoms with Gasteiger partial charge < -0.3 is 5.73 Å². The minimum atomic E-state index is 0.130. The summed E-state index contributed by atoms with van der Waals surface area (Å²) in [7, 11) is 0. The standard InChI is InChI=1S/C13H12N4S/c14-13(18)17-16-9-12-8-11(6-7-15-12)10-4-2-1-3-5-10/h1-9H,(H3,14,17,18)/b16-9+. The first-order chi connectivity index (χ1) is 8.75. The molecule has 0 radical (unpaired) electrons. The molecule has 0 saturated heterocycles. The Hall–Kier alpha value is -2.27. The highest BCUT2D eigenvalue weighted by Crippen LogP contribution is 2.18. The third-order valence-electron chi connectivity index (χ3n) is 2.26. The largest absolute Gasteiger partial charge is 0.375 e. The topological polar surface area (TPSA) is 63.3 Å². The SMILES string of the molecule is NC(=S)N/N=C/c1cc(-c2ccccc2)ccn1. The number of benzene rings is 1. The Bertz CT molecular complexity index is 566. The van der Waals surface area contributed by atoms with E-state index in [1.807, 2.05) is 42.5 Å². The van der Waals surface area contributed by atoms with E-state index in [0.29, 0.717) is 0 Å². The molecule has 0 aliphatic rings. The third-order valence-corrected chi connectivity index (χ3v) is 2.35. The molecule has 4 nitrogen and oxygen atoms in total. The molecule has 2 rings (SSSR count). The molecule has 3 N–H and O–H groups in total. The molecular weight excluding hydrogens is 244 g/mol. The fourth-order valence-corrected chi connectivity index (χ4v) is 1.54. The van der Waals surface area contributed by atoms with Crippen LogP contribution in [0.25, 0.3) is 11.1 Å². The number of aromatic nitrogens is 1. The number of nitrogens with zero attached hydrogens (tertiary/aromatic N) is 2. The average molecular weight is 256 g/mol. The smallest absolute Gasteiger partial charge is 0.184 e. The quantitative estimate of drug-likeness (QED) is 0.500. The fourth-order valence-electron chi connectivity index (χ4n) is 1.49. The van der Waals surface area contributed by atoms with Gasteiger partial charge in [0.05, 0.1) is 11.9 Å². The number of nitrogens with two attached hydrogens (primary N) is 1. The summed E-state index contributed by atoms with van der Waals surface area (Å²) in [6, 6.07) is 14.0. The summed E-state index contributed by atoms with van der Waals surface area (Å²) >= 11 is 4.65. The second-order valence-electron chi connectivity index (χ2n) is 3.57. The zero-order valence-electron chi connectivity index (χ0n) is 9.58. The van der Waals surface area contributed by atoms with Crippen LogP contribution in [0.15, 0.2) is 53.8 Å². The van der Waals surface area contributed by atoms with Crippen LogP contribution in [-0.2, 0) is 0 Å². The van der Waals surface area contributed by atoms with Crippen LogP contribution in [0.2, 0.25) is 0 Å². The van der Waals surface area contributed by atoms with Gasteiger partial charge in [-0.15, -0.1) is 0 Å². The van der Waals surface area contributed by atoms with Crippen molar-refractivity contribution < 1.29 is 0 Å². The zero-order chi connectivity index (χ0) is 12.8. The number of hydrazone groups is 1. The Morgan fingerprint density at radius 1 is 1.22 bits per heavy atom. The lowest BCUT2D eigenvalue weighted by atomic mass is 10.1. The van der Waals surface area contributed by atoms with Gasteiger partial charge in [-0.05, 0) is 35.5 Å². The van der Waals surface area contributed by atoms with E-state index in [4.69, 9.17) is 5.73 Å². The van der Waals surface area contributed by atoms with E-state index in [1.54, 1.807) is 12.4 Å². The summed E-state index contributed by atoms with van der Waals surface area (Å²) in [5, 5.41) is 4.00. The van der Waals surface area contributed by atoms with E-state index in [1.165, 1.54) is 0 Å². The zero-order valence-corrected chi connectivity index (χ0v) is 10.4. The van der Waals surface area contributed by atoms with E-state index < -0.39 is 0 Å². The molecule has 0 saturated carbocycles. The van der Waals surface area contributed by atoms with E-state index in [2.05, 4.69) is 27.7 Å². The summed E-state index contributed by atoms with van der Waals surface area (Å²) in [4.78, 5) is 4.19. The van der Waals surface area contributed by atoms with Gasteiger partial charge in [-0.2, -0.15) is 5.10 Å². The normalized spacial score (nSPS) is 10.4. The Morgan fingerprint density at radius 2 is 2.00 bits per heavy atom. The summed E-state index contributed by atoms with van der Waals surface area (Å²) in [5.74, 6) is 0. The Labute approximate surface area is 111 Å². The second-order valence-corrected chi connectivity index (χ2v) is 4.01. The van der Waals surface area contributed by atoms with Crippen LogP contribution in [0.1, 0.15) is 5.69 Å². The lowest BCUT2D eigenvalue weighted by molar-refractivity contribution is 1.04. The monoisotopic (exact) mass is 256 g/mol. The number of hydrogen-bond donors (Lipinski definition) is 2. The predicted octanol–water partition coefficient (Wildman–Crippen LogP) is 1.92. The number of thiocarbonyl (C=S) groups is 1.